The lowest BCUT2D eigenvalue weighted by atomic mass is 9.91. The Hall–Kier alpha value is -0.300. The van der Waals surface area contributed by atoms with Crippen LogP contribution in [0.25, 0.3) is 0 Å². The maximum Gasteiger partial charge on any atom is 0.0565 e. The third kappa shape index (κ3) is 5.87. The van der Waals surface area contributed by atoms with Gasteiger partial charge >= 0.3 is 0 Å². The van der Waals surface area contributed by atoms with Crippen LogP contribution >= 0.6 is 0 Å². The van der Waals surface area contributed by atoms with Gasteiger partial charge in [-0.1, -0.05) is 32.4 Å². The van der Waals surface area contributed by atoms with Crippen molar-refractivity contribution >= 4 is 0 Å². The molecule has 0 aromatic heterocycles. The normalized spacial score (nSPS) is 16.3. The zero-order valence-corrected chi connectivity index (χ0v) is 9.29. The Morgan fingerprint density at radius 1 is 1.23 bits per heavy atom. The van der Waals surface area contributed by atoms with E-state index in [1.165, 1.54) is 6.42 Å². The molecular formula is C12H24O. The van der Waals surface area contributed by atoms with E-state index in [1.807, 2.05) is 6.92 Å². The second kappa shape index (κ2) is 8.31. The van der Waals surface area contributed by atoms with Gasteiger partial charge in [-0.3, -0.25) is 0 Å². The van der Waals surface area contributed by atoms with E-state index >= 15 is 0 Å². The molecule has 78 valence electrons. The Labute approximate surface area is 82.9 Å². The molecule has 1 heteroatoms. The highest BCUT2D eigenvalue weighted by molar-refractivity contribution is 4.79. The van der Waals surface area contributed by atoms with E-state index in [-0.39, 0.29) is 6.10 Å². The number of allylic oxidation sites excluding steroid dienone is 2. The third-order valence-corrected chi connectivity index (χ3v) is 2.56. The maximum atomic E-state index is 9.72. The summed E-state index contributed by atoms with van der Waals surface area (Å²) in [5.74, 6) is 0.506. The highest BCUT2D eigenvalue weighted by Gasteiger charge is 2.15. The monoisotopic (exact) mass is 184 g/mol. The van der Waals surface area contributed by atoms with Crippen LogP contribution in [0.2, 0.25) is 0 Å². The molecule has 0 aliphatic carbocycles. The molecule has 13 heavy (non-hydrogen) atoms. The van der Waals surface area contributed by atoms with Gasteiger partial charge in [-0.25, -0.2) is 0 Å². The predicted octanol–water partition coefficient (Wildman–Crippen LogP) is 3.53. The number of aliphatic hydroxyl groups excluding tert-OH is 1. The highest BCUT2D eigenvalue weighted by Crippen LogP contribution is 2.20. The van der Waals surface area contributed by atoms with E-state index in [4.69, 9.17) is 0 Å². The molecule has 0 fully saturated rings. The van der Waals surface area contributed by atoms with Crippen molar-refractivity contribution in [2.75, 3.05) is 0 Å². The molecule has 0 aliphatic heterocycles. The summed E-state index contributed by atoms with van der Waals surface area (Å²) in [6.07, 6.45) is 9.65. The van der Waals surface area contributed by atoms with Crippen molar-refractivity contribution in [1.82, 2.24) is 0 Å². The van der Waals surface area contributed by atoms with Crippen LogP contribution in [0.15, 0.2) is 12.2 Å². The molecule has 0 heterocycles. The van der Waals surface area contributed by atoms with Crippen molar-refractivity contribution in [3.8, 4) is 0 Å². The summed E-state index contributed by atoms with van der Waals surface area (Å²) in [6.45, 7) is 6.29. The number of hydrogen-bond acceptors (Lipinski definition) is 1. The number of aliphatic hydroxyl groups is 1. The SMILES string of the molecule is C/C=C/CCC(CCC)C(O)CC. The largest absolute Gasteiger partial charge is 0.393 e. The second-order valence-corrected chi connectivity index (χ2v) is 3.67. The topological polar surface area (TPSA) is 20.2 Å². The minimum absolute atomic E-state index is 0.0924. The standard InChI is InChI=1S/C12H24O/c1-4-7-8-10-11(9-5-2)12(13)6-3/h4,7,11-13H,5-6,8-10H2,1-3H3/b7-4+. The molecule has 0 saturated carbocycles. The zero-order valence-electron chi connectivity index (χ0n) is 9.29. The van der Waals surface area contributed by atoms with Gasteiger partial charge in [0.05, 0.1) is 6.10 Å². The Morgan fingerprint density at radius 3 is 2.38 bits per heavy atom. The molecule has 0 spiro atoms. The average Bonchev–Trinajstić information content (AvgIpc) is 2.16. The smallest absolute Gasteiger partial charge is 0.0565 e. The van der Waals surface area contributed by atoms with Crippen LogP contribution in [0, 0.1) is 5.92 Å². The van der Waals surface area contributed by atoms with Gasteiger partial charge in [0.1, 0.15) is 0 Å². The summed E-state index contributed by atoms with van der Waals surface area (Å²) in [6, 6.07) is 0. The highest BCUT2D eigenvalue weighted by atomic mass is 16.3. The zero-order chi connectivity index (χ0) is 10.1. The molecule has 2 atom stereocenters. The van der Waals surface area contributed by atoms with E-state index in [2.05, 4.69) is 26.0 Å². The van der Waals surface area contributed by atoms with Crippen molar-refractivity contribution in [3.05, 3.63) is 12.2 Å². The lowest BCUT2D eigenvalue weighted by molar-refractivity contribution is 0.0936. The second-order valence-electron chi connectivity index (χ2n) is 3.67. The van der Waals surface area contributed by atoms with Crippen molar-refractivity contribution in [1.29, 1.82) is 0 Å². The first-order valence-electron chi connectivity index (χ1n) is 5.55. The lowest BCUT2D eigenvalue weighted by Crippen LogP contribution is -2.19. The third-order valence-electron chi connectivity index (χ3n) is 2.56. The number of rotatable bonds is 7. The van der Waals surface area contributed by atoms with Gasteiger partial charge in [0.25, 0.3) is 0 Å². The van der Waals surface area contributed by atoms with Gasteiger partial charge in [-0.05, 0) is 38.5 Å². The Balaban J connectivity index is 3.78. The molecule has 0 aliphatic rings. The van der Waals surface area contributed by atoms with Crippen molar-refractivity contribution < 1.29 is 5.11 Å². The quantitative estimate of drug-likeness (QED) is 0.600. The average molecular weight is 184 g/mol. The summed E-state index contributed by atoms with van der Waals surface area (Å²) in [5.41, 5.74) is 0. The summed E-state index contributed by atoms with van der Waals surface area (Å²) < 4.78 is 0. The molecule has 0 rings (SSSR count). The van der Waals surface area contributed by atoms with E-state index in [1.54, 1.807) is 0 Å². The molecule has 0 aromatic carbocycles. The van der Waals surface area contributed by atoms with Gasteiger partial charge in [0, 0.05) is 0 Å². The summed E-state index contributed by atoms with van der Waals surface area (Å²) in [7, 11) is 0. The number of hydrogen-bond donors (Lipinski definition) is 1. The minimum Gasteiger partial charge on any atom is -0.393 e. The van der Waals surface area contributed by atoms with Crippen LogP contribution in [-0.4, -0.2) is 11.2 Å². The first-order valence-corrected chi connectivity index (χ1v) is 5.55. The first-order chi connectivity index (χ1) is 6.26. The molecule has 1 N–H and O–H groups in total. The Morgan fingerprint density at radius 2 is 1.92 bits per heavy atom. The molecule has 1 nitrogen and oxygen atoms in total. The molecular weight excluding hydrogens is 160 g/mol. The summed E-state index contributed by atoms with van der Waals surface area (Å²) in [5, 5.41) is 9.72. The minimum atomic E-state index is -0.0924. The van der Waals surface area contributed by atoms with Crippen LogP contribution in [-0.2, 0) is 0 Å². The Bertz CT molecular complexity index is 129. The predicted molar refractivity (Wildman–Crippen MR) is 58.7 cm³/mol. The van der Waals surface area contributed by atoms with Crippen LogP contribution in [0.1, 0.15) is 52.9 Å². The Kier molecular flexibility index (Phi) is 8.11. The summed E-state index contributed by atoms with van der Waals surface area (Å²) >= 11 is 0. The van der Waals surface area contributed by atoms with Crippen LogP contribution in [0.3, 0.4) is 0 Å². The molecule has 0 bridgehead atoms. The van der Waals surface area contributed by atoms with Gasteiger partial charge < -0.3 is 5.11 Å². The molecule has 0 aromatic rings. The fraction of sp³-hybridized carbons (Fsp3) is 0.833. The van der Waals surface area contributed by atoms with Crippen LogP contribution in [0.4, 0.5) is 0 Å². The van der Waals surface area contributed by atoms with Gasteiger partial charge in [0.15, 0.2) is 0 Å². The molecule has 2 unspecified atom stereocenters. The fourth-order valence-corrected chi connectivity index (χ4v) is 1.71. The molecule has 0 amide bonds. The van der Waals surface area contributed by atoms with Crippen molar-refractivity contribution in [3.63, 3.8) is 0 Å². The van der Waals surface area contributed by atoms with Crippen LogP contribution < -0.4 is 0 Å². The van der Waals surface area contributed by atoms with Crippen LogP contribution in [0.5, 0.6) is 0 Å². The van der Waals surface area contributed by atoms with E-state index in [0.29, 0.717) is 5.92 Å². The van der Waals surface area contributed by atoms with Gasteiger partial charge in [-0.2, -0.15) is 0 Å². The molecule has 0 saturated heterocycles. The van der Waals surface area contributed by atoms with Gasteiger partial charge in [0.2, 0.25) is 0 Å². The van der Waals surface area contributed by atoms with E-state index in [9.17, 15) is 5.11 Å². The first kappa shape index (κ1) is 12.7. The van der Waals surface area contributed by atoms with E-state index in [0.717, 1.165) is 25.7 Å². The van der Waals surface area contributed by atoms with Crippen molar-refractivity contribution in [2.24, 2.45) is 5.92 Å². The fourth-order valence-electron chi connectivity index (χ4n) is 1.71. The lowest BCUT2D eigenvalue weighted by Gasteiger charge is -2.20. The summed E-state index contributed by atoms with van der Waals surface area (Å²) in [4.78, 5) is 0. The van der Waals surface area contributed by atoms with Gasteiger partial charge in [-0.15, -0.1) is 0 Å². The van der Waals surface area contributed by atoms with Crippen molar-refractivity contribution in [2.45, 2.75) is 59.0 Å². The molecule has 0 radical (unpaired) electrons. The van der Waals surface area contributed by atoms with E-state index < -0.39 is 0 Å². The maximum absolute atomic E-state index is 9.72.